The lowest BCUT2D eigenvalue weighted by Crippen LogP contribution is -2.03. The van der Waals surface area contributed by atoms with Gasteiger partial charge in [0, 0.05) is 19.5 Å². The number of hydrogen-bond donors (Lipinski definition) is 0. The fraction of sp³-hybridized carbons (Fsp3) is 0.533. The van der Waals surface area contributed by atoms with E-state index in [1.165, 1.54) is 82.0 Å². The van der Waals surface area contributed by atoms with E-state index in [0.29, 0.717) is 11.8 Å². The Labute approximate surface area is 223 Å². The van der Waals surface area contributed by atoms with Crippen LogP contribution in [0.5, 0.6) is 0 Å². The SMILES string of the molecule is CCCCC(CC)Cc1cc(C=O)sc1-c1ccc(-c2sc(C=O)cc2CC(CC)CCCC)s1. The molecule has 35 heavy (non-hydrogen) atoms. The van der Waals surface area contributed by atoms with Gasteiger partial charge in [-0.05, 0) is 60.1 Å². The zero-order chi connectivity index (χ0) is 25.2. The highest BCUT2D eigenvalue weighted by molar-refractivity contribution is 7.27. The third-order valence-corrected chi connectivity index (χ3v) is 10.7. The van der Waals surface area contributed by atoms with E-state index in [1.807, 2.05) is 11.3 Å². The second-order valence-electron chi connectivity index (χ2n) is 9.65. The van der Waals surface area contributed by atoms with Gasteiger partial charge >= 0.3 is 0 Å². The molecule has 0 spiro atoms. The first kappa shape index (κ1) is 28.0. The summed E-state index contributed by atoms with van der Waals surface area (Å²) in [5.41, 5.74) is 2.64. The molecule has 190 valence electrons. The Morgan fingerprint density at radius 3 is 1.46 bits per heavy atom. The fourth-order valence-corrected chi connectivity index (χ4v) is 8.14. The van der Waals surface area contributed by atoms with Crippen molar-refractivity contribution in [2.45, 2.75) is 91.9 Å². The first-order valence-electron chi connectivity index (χ1n) is 13.3. The Morgan fingerprint density at radius 1 is 0.686 bits per heavy atom. The first-order valence-corrected chi connectivity index (χ1v) is 15.8. The van der Waals surface area contributed by atoms with Crippen LogP contribution >= 0.6 is 34.0 Å². The van der Waals surface area contributed by atoms with Crippen LogP contribution in [0.1, 0.15) is 110 Å². The topological polar surface area (TPSA) is 34.1 Å². The van der Waals surface area contributed by atoms with Crippen molar-refractivity contribution >= 4 is 46.6 Å². The van der Waals surface area contributed by atoms with Crippen LogP contribution in [0.15, 0.2) is 24.3 Å². The minimum Gasteiger partial charge on any atom is -0.297 e. The Balaban J connectivity index is 1.91. The molecule has 2 unspecified atom stereocenters. The fourth-order valence-electron chi connectivity index (χ4n) is 4.83. The number of carbonyl (C=O) groups excluding carboxylic acids is 2. The maximum atomic E-state index is 11.6. The van der Waals surface area contributed by atoms with Crippen LogP contribution in [0.3, 0.4) is 0 Å². The summed E-state index contributed by atoms with van der Waals surface area (Å²) in [4.78, 5) is 29.9. The molecule has 0 saturated carbocycles. The van der Waals surface area contributed by atoms with E-state index in [1.54, 1.807) is 22.7 Å². The summed E-state index contributed by atoms with van der Waals surface area (Å²) in [5, 5.41) is 0. The Morgan fingerprint density at radius 2 is 1.11 bits per heavy atom. The van der Waals surface area contributed by atoms with Gasteiger partial charge in [-0.1, -0.05) is 79.1 Å². The lowest BCUT2D eigenvalue weighted by Gasteiger charge is -2.14. The highest BCUT2D eigenvalue weighted by Crippen LogP contribution is 2.44. The lowest BCUT2D eigenvalue weighted by atomic mass is 9.92. The summed E-state index contributed by atoms with van der Waals surface area (Å²) in [5.74, 6) is 1.32. The van der Waals surface area contributed by atoms with E-state index < -0.39 is 0 Å². The minimum atomic E-state index is 0.662. The number of unbranched alkanes of at least 4 members (excludes halogenated alkanes) is 2. The van der Waals surface area contributed by atoms with Crippen molar-refractivity contribution < 1.29 is 9.59 Å². The third kappa shape index (κ3) is 7.47. The predicted molar refractivity (Wildman–Crippen MR) is 156 cm³/mol. The molecule has 0 aliphatic carbocycles. The van der Waals surface area contributed by atoms with Crippen molar-refractivity contribution in [3.05, 3.63) is 45.1 Å². The second-order valence-corrected chi connectivity index (χ2v) is 12.9. The summed E-state index contributed by atoms with van der Waals surface area (Å²) in [6, 6.07) is 8.66. The average molecular weight is 529 g/mol. The molecule has 2 nitrogen and oxygen atoms in total. The zero-order valence-corrected chi connectivity index (χ0v) is 24.2. The van der Waals surface area contributed by atoms with Crippen molar-refractivity contribution in [1.82, 2.24) is 0 Å². The first-order chi connectivity index (χ1) is 17.1. The molecule has 3 aromatic rings. The van der Waals surface area contributed by atoms with Gasteiger partial charge in [0.2, 0.25) is 0 Å². The molecule has 3 aromatic heterocycles. The van der Waals surface area contributed by atoms with Gasteiger partial charge in [-0.2, -0.15) is 0 Å². The van der Waals surface area contributed by atoms with Gasteiger partial charge in [0.25, 0.3) is 0 Å². The molecule has 0 bridgehead atoms. The van der Waals surface area contributed by atoms with Crippen LogP contribution in [0.2, 0.25) is 0 Å². The van der Waals surface area contributed by atoms with E-state index in [-0.39, 0.29) is 0 Å². The van der Waals surface area contributed by atoms with Gasteiger partial charge in [0.1, 0.15) is 0 Å². The van der Waals surface area contributed by atoms with E-state index >= 15 is 0 Å². The summed E-state index contributed by atoms with van der Waals surface area (Å²) in [6.45, 7) is 9.07. The molecule has 0 aliphatic heterocycles. The number of hydrogen-bond acceptors (Lipinski definition) is 5. The minimum absolute atomic E-state index is 0.662. The third-order valence-electron chi connectivity index (χ3n) is 7.05. The normalized spacial score (nSPS) is 13.1. The van der Waals surface area contributed by atoms with Crippen LogP contribution < -0.4 is 0 Å². The van der Waals surface area contributed by atoms with Crippen molar-refractivity contribution in [2.75, 3.05) is 0 Å². The molecule has 0 N–H and O–H groups in total. The van der Waals surface area contributed by atoms with Crippen LogP contribution in [0.4, 0.5) is 0 Å². The molecule has 0 saturated heterocycles. The molecular weight excluding hydrogens is 489 g/mol. The van der Waals surface area contributed by atoms with Crippen LogP contribution in [0.25, 0.3) is 19.5 Å². The van der Waals surface area contributed by atoms with Crippen LogP contribution in [0, 0.1) is 11.8 Å². The van der Waals surface area contributed by atoms with Gasteiger partial charge < -0.3 is 0 Å². The Kier molecular flexibility index (Phi) is 11.4. The number of carbonyl (C=O) groups is 2. The van der Waals surface area contributed by atoms with Gasteiger partial charge in [0.05, 0.1) is 9.75 Å². The van der Waals surface area contributed by atoms with Crippen LogP contribution in [-0.2, 0) is 12.8 Å². The standard InChI is InChI=1S/C30H40O2S3/c1-5-9-11-21(7-3)15-23-17-25(19-31)33-29(23)27-13-14-28(35-27)30-24(18-26(20-32)34-30)16-22(8-4)12-10-6-2/h13-14,17-22H,5-12,15-16H2,1-4H3. The molecule has 2 atom stereocenters. The van der Waals surface area contributed by atoms with Crippen LogP contribution in [-0.4, -0.2) is 12.6 Å². The molecule has 3 rings (SSSR count). The molecule has 0 fully saturated rings. The highest BCUT2D eigenvalue weighted by Gasteiger charge is 2.20. The second kappa shape index (κ2) is 14.2. The number of rotatable bonds is 16. The van der Waals surface area contributed by atoms with Crippen molar-refractivity contribution in [3.63, 3.8) is 0 Å². The Bertz CT molecular complexity index is 989. The quantitative estimate of drug-likeness (QED) is 0.173. The molecule has 5 heteroatoms. The lowest BCUT2D eigenvalue weighted by molar-refractivity contribution is 0.111. The predicted octanol–water partition coefficient (Wildman–Crippen LogP) is 10.3. The molecule has 0 aliphatic rings. The largest absolute Gasteiger partial charge is 0.297 e. The van der Waals surface area contributed by atoms with E-state index in [0.717, 1.165) is 35.2 Å². The summed E-state index contributed by atoms with van der Waals surface area (Å²) in [6.07, 6.45) is 13.9. The maximum absolute atomic E-state index is 11.6. The average Bonchev–Trinajstić information content (AvgIpc) is 3.61. The van der Waals surface area contributed by atoms with E-state index in [9.17, 15) is 9.59 Å². The van der Waals surface area contributed by atoms with Crippen molar-refractivity contribution in [3.8, 4) is 19.5 Å². The molecule has 0 radical (unpaired) electrons. The Hall–Kier alpha value is -1.56. The van der Waals surface area contributed by atoms with Crippen molar-refractivity contribution in [2.24, 2.45) is 11.8 Å². The summed E-state index contributed by atoms with van der Waals surface area (Å²) in [7, 11) is 0. The van der Waals surface area contributed by atoms with Gasteiger partial charge in [-0.25, -0.2) is 0 Å². The molecular formula is C30H40O2S3. The van der Waals surface area contributed by atoms with Gasteiger partial charge in [-0.15, -0.1) is 34.0 Å². The van der Waals surface area contributed by atoms with Gasteiger partial charge in [-0.3, -0.25) is 9.59 Å². The summed E-state index contributed by atoms with van der Waals surface area (Å²) >= 11 is 5.06. The van der Waals surface area contributed by atoms with E-state index in [4.69, 9.17) is 0 Å². The summed E-state index contributed by atoms with van der Waals surface area (Å²) < 4.78 is 0. The monoisotopic (exact) mass is 528 g/mol. The molecule has 0 aromatic carbocycles. The van der Waals surface area contributed by atoms with Crippen molar-refractivity contribution in [1.29, 1.82) is 0 Å². The number of aldehydes is 2. The van der Waals surface area contributed by atoms with E-state index in [2.05, 4.69) is 52.0 Å². The maximum Gasteiger partial charge on any atom is 0.160 e. The highest BCUT2D eigenvalue weighted by atomic mass is 32.1. The molecule has 3 heterocycles. The van der Waals surface area contributed by atoms with Gasteiger partial charge in [0.15, 0.2) is 12.6 Å². The molecule has 0 amide bonds. The zero-order valence-electron chi connectivity index (χ0n) is 21.7. The smallest absolute Gasteiger partial charge is 0.160 e. The number of thiophene rings is 3.